The molecule has 0 aromatic heterocycles. The van der Waals surface area contributed by atoms with Gasteiger partial charge in [0.1, 0.15) is 12.4 Å². The van der Waals surface area contributed by atoms with Gasteiger partial charge in [0, 0.05) is 12.2 Å². The topological polar surface area (TPSA) is 94.2 Å². The predicted molar refractivity (Wildman–Crippen MR) is 112 cm³/mol. The lowest BCUT2D eigenvalue weighted by Crippen LogP contribution is -2.33. The first-order valence-electron chi connectivity index (χ1n) is 9.32. The summed E-state index contributed by atoms with van der Waals surface area (Å²) in [6.07, 6.45) is 0. The molecule has 8 nitrogen and oxygen atoms in total. The fourth-order valence-corrected chi connectivity index (χ4v) is 2.72. The molecule has 0 saturated carbocycles. The summed E-state index contributed by atoms with van der Waals surface area (Å²) in [6, 6.07) is 12.0. The Kier molecular flexibility index (Phi) is 8.37. The molecule has 0 atom stereocenters. The average molecular weight is 414 g/mol. The number of likely N-dealkylation sites (N-methyl/N-ethyl adjacent to an activating group) is 1. The summed E-state index contributed by atoms with van der Waals surface area (Å²) in [5.74, 6) is -0.767. The molecule has 0 heterocycles. The van der Waals surface area contributed by atoms with Crippen molar-refractivity contribution in [2.24, 2.45) is 0 Å². The number of ether oxygens (including phenoxy) is 3. The van der Waals surface area contributed by atoms with Crippen LogP contribution in [0.4, 0.5) is 5.69 Å². The minimum absolute atomic E-state index is 0.104. The van der Waals surface area contributed by atoms with Crippen LogP contribution in [0, 0.1) is 6.92 Å². The van der Waals surface area contributed by atoms with E-state index in [4.69, 9.17) is 14.2 Å². The lowest BCUT2D eigenvalue weighted by Gasteiger charge is -2.17. The largest absolute Gasteiger partial charge is 0.492 e. The van der Waals surface area contributed by atoms with E-state index in [1.54, 1.807) is 11.9 Å². The molecule has 8 heteroatoms. The average Bonchev–Trinajstić information content (AvgIpc) is 2.72. The van der Waals surface area contributed by atoms with Gasteiger partial charge in [-0.1, -0.05) is 12.1 Å². The summed E-state index contributed by atoms with van der Waals surface area (Å²) in [6.45, 7) is 3.06. The van der Waals surface area contributed by atoms with Crippen molar-refractivity contribution in [3.63, 3.8) is 0 Å². The molecular formula is C22H26N2O6. The van der Waals surface area contributed by atoms with Crippen LogP contribution in [0.3, 0.4) is 0 Å². The Morgan fingerprint density at radius 2 is 1.60 bits per heavy atom. The first kappa shape index (κ1) is 22.9. The number of esters is 2. The molecule has 0 bridgehead atoms. The highest BCUT2D eigenvalue weighted by atomic mass is 16.5. The van der Waals surface area contributed by atoms with Gasteiger partial charge < -0.3 is 19.5 Å². The number of amides is 1. The van der Waals surface area contributed by atoms with Gasteiger partial charge in [-0.3, -0.25) is 9.69 Å². The van der Waals surface area contributed by atoms with Crippen molar-refractivity contribution in [3.8, 4) is 5.75 Å². The highest BCUT2D eigenvalue weighted by Crippen LogP contribution is 2.17. The molecule has 0 fully saturated rings. The molecule has 0 aliphatic carbocycles. The Morgan fingerprint density at radius 3 is 2.17 bits per heavy atom. The van der Waals surface area contributed by atoms with Crippen LogP contribution in [0.25, 0.3) is 0 Å². The van der Waals surface area contributed by atoms with Gasteiger partial charge >= 0.3 is 11.9 Å². The highest BCUT2D eigenvalue weighted by molar-refractivity contribution is 5.99. The van der Waals surface area contributed by atoms with Gasteiger partial charge in [0.2, 0.25) is 5.91 Å². The molecule has 2 aromatic carbocycles. The van der Waals surface area contributed by atoms with Crippen LogP contribution in [0.2, 0.25) is 0 Å². The second-order valence-corrected chi connectivity index (χ2v) is 6.73. The number of hydrogen-bond donors (Lipinski definition) is 1. The fraction of sp³-hybridized carbons (Fsp3) is 0.318. The van der Waals surface area contributed by atoms with Crippen LogP contribution >= 0.6 is 0 Å². The minimum Gasteiger partial charge on any atom is -0.492 e. The minimum atomic E-state index is -0.623. The normalized spacial score (nSPS) is 10.4. The first-order chi connectivity index (χ1) is 14.3. The van der Waals surface area contributed by atoms with Crippen molar-refractivity contribution in [1.82, 2.24) is 4.90 Å². The van der Waals surface area contributed by atoms with Gasteiger partial charge in [-0.2, -0.15) is 0 Å². The van der Waals surface area contributed by atoms with Crippen molar-refractivity contribution in [1.29, 1.82) is 0 Å². The van der Waals surface area contributed by atoms with E-state index >= 15 is 0 Å². The Bertz CT molecular complexity index is 878. The van der Waals surface area contributed by atoms with E-state index < -0.39 is 11.9 Å². The third kappa shape index (κ3) is 6.89. The van der Waals surface area contributed by atoms with Gasteiger partial charge in [-0.25, -0.2) is 9.59 Å². The van der Waals surface area contributed by atoms with E-state index in [1.165, 1.54) is 32.4 Å². The maximum absolute atomic E-state index is 12.4. The molecule has 0 unspecified atom stereocenters. The summed E-state index contributed by atoms with van der Waals surface area (Å²) in [7, 11) is 4.27. The second-order valence-electron chi connectivity index (χ2n) is 6.73. The lowest BCUT2D eigenvalue weighted by molar-refractivity contribution is -0.117. The standard InChI is InChI=1S/C22H26N2O6/c1-15-6-5-7-19(10-15)30-9-8-24(2)14-20(25)23-18-12-16(21(26)28-3)11-17(13-18)22(27)29-4/h5-7,10-13H,8-9,14H2,1-4H3,(H,23,25). The van der Waals surface area contributed by atoms with Crippen LogP contribution in [0.5, 0.6) is 5.75 Å². The van der Waals surface area contributed by atoms with E-state index in [0.29, 0.717) is 18.8 Å². The van der Waals surface area contributed by atoms with Crippen molar-refractivity contribution >= 4 is 23.5 Å². The third-order valence-corrected chi connectivity index (χ3v) is 4.20. The molecule has 160 valence electrons. The predicted octanol–water partition coefficient (Wildman–Crippen LogP) is 2.52. The Balaban J connectivity index is 1.94. The Morgan fingerprint density at radius 1 is 0.967 bits per heavy atom. The van der Waals surface area contributed by atoms with E-state index in [9.17, 15) is 14.4 Å². The molecule has 2 aromatic rings. The number of aryl methyl sites for hydroxylation is 1. The number of rotatable bonds is 9. The number of benzene rings is 2. The zero-order valence-corrected chi connectivity index (χ0v) is 17.6. The van der Waals surface area contributed by atoms with Crippen molar-refractivity contribution < 1.29 is 28.6 Å². The fourth-order valence-electron chi connectivity index (χ4n) is 2.72. The zero-order valence-electron chi connectivity index (χ0n) is 17.6. The molecule has 0 aliphatic heterocycles. The number of nitrogens with one attached hydrogen (secondary N) is 1. The van der Waals surface area contributed by atoms with Gasteiger partial charge in [-0.05, 0) is 49.9 Å². The molecule has 0 saturated heterocycles. The number of methoxy groups -OCH3 is 2. The van der Waals surface area contributed by atoms with Gasteiger partial charge in [0.05, 0.1) is 31.9 Å². The van der Waals surface area contributed by atoms with Crippen molar-refractivity contribution in [3.05, 3.63) is 59.2 Å². The molecular weight excluding hydrogens is 388 g/mol. The van der Waals surface area contributed by atoms with Crippen LogP contribution in [0.1, 0.15) is 26.3 Å². The van der Waals surface area contributed by atoms with Crippen LogP contribution < -0.4 is 10.1 Å². The zero-order chi connectivity index (χ0) is 22.1. The van der Waals surface area contributed by atoms with Gasteiger partial charge in [0.15, 0.2) is 0 Å². The van der Waals surface area contributed by atoms with Crippen LogP contribution in [0.15, 0.2) is 42.5 Å². The number of carbonyl (C=O) groups is 3. The second kappa shape index (κ2) is 11.0. The Labute approximate surface area is 175 Å². The third-order valence-electron chi connectivity index (χ3n) is 4.20. The van der Waals surface area contributed by atoms with E-state index in [2.05, 4.69) is 5.32 Å². The SMILES string of the molecule is COC(=O)c1cc(NC(=O)CN(C)CCOc2cccc(C)c2)cc(C(=O)OC)c1. The first-order valence-corrected chi connectivity index (χ1v) is 9.32. The van der Waals surface area contributed by atoms with Crippen LogP contribution in [-0.4, -0.2) is 63.7 Å². The summed E-state index contributed by atoms with van der Waals surface area (Å²) < 4.78 is 15.1. The molecule has 0 aliphatic rings. The monoisotopic (exact) mass is 414 g/mol. The smallest absolute Gasteiger partial charge is 0.337 e. The molecule has 1 amide bonds. The van der Waals surface area contributed by atoms with Gasteiger partial charge in [-0.15, -0.1) is 0 Å². The molecule has 0 radical (unpaired) electrons. The van der Waals surface area contributed by atoms with E-state index in [1.807, 2.05) is 31.2 Å². The maximum atomic E-state index is 12.4. The number of nitrogens with zero attached hydrogens (tertiary/aromatic N) is 1. The quantitative estimate of drug-likeness (QED) is 0.630. The summed E-state index contributed by atoms with van der Waals surface area (Å²) in [4.78, 5) is 37.9. The summed E-state index contributed by atoms with van der Waals surface area (Å²) in [5.41, 5.74) is 1.68. The Hall–Kier alpha value is -3.39. The molecule has 1 N–H and O–H groups in total. The van der Waals surface area contributed by atoms with Crippen LogP contribution in [-0.2, 0) is 14.3 Å². The number of carbonyl (C=O) groups excluding carboxylic acids is 3. The van der Waals surface area contributed by atoms with Gasteiger partial charge in [0.25, 0.3) is 0 Å². The number of hydrogen-bond acceptors (Lipinski definition) is 7. The number of anilines is 1. The van der Waals surface area contributed by atoms with Crippen molar-refractivity contribution in [2.45, 2.75) is 6.92 Å². The van der Waals surface area contributed by atoms with E-state index in [-0.39, 0.29) is 23.6 Å². The lowest BCUT2D eigenvalue weighted by atomic mass is 10.1. The van der Waals surface area contributed by atoms with E-state index in [0.717, 1.165) is 11.3 Å². The highest BCUT2D eigenvalue weighted by Gasteiger charge is 2.15. The molecule has 0 spiro atoms. The summed E-state index contributed by atoms with van der Waals surface area (Å²) in [5, 5.41) is 2.69. The summed E-state index contributed by atoms with van der Waals surface area (Å²) >= 11 is 0. The molecule has 2 rings (SSSR count). The molecule has 30 heavy (non-hydrogen) atoms. The van der Waals surface area contributed by atoms with Crippen molar-refractivity contribution in [2.75, 3.05) is 46.3 Å². The maximum Gasteiger partial charge on any atom is 0.337 e.